The summed E-state index contributed by atoms with van der Waals surface area (Å²) < 4.78 is 5.20. The molecule has 0 aliphatic carbocycles. The molecule has 2 aromatic rings. The molecule has 0 unspecified atom stereocenters. The van der Waals surface area contributed by atoms with Gasteiger partial charge < -0.3 is 4.74 Å². The van der Waals surface area contributed by atoms with Crippen LogP contribution >= 0.6 is 0 Å². The van der Waals surface area contributed by atoms with E-state index in [0.29, 0.717) is 12.0 Å². The minimum atomic E-state index is -0.0654. The summed E-state index contributed by atoms with van der Waals surface area (Å²) in [7, 11) is 1.63. The van der Waals surface area contributed by atoms with Crippen molar-refractivity contribution in [3.63, 3.8) is 0 Å². The monoisotopic (exact) mass is 310 g/mol. The molecule has 3 nitrogen and oxygen atoms in total. The van der Waals surface area contributed by atoms with Crippen molar-refractivity contribution < 1.29 is 14.3 Å². The Morgan fingerprint density at radius 2 is 1.83 bits per heavy atom. The van der Waals surface area contributed by atoms with Crippen molar-refractivity contribution in [2.45, 2.75) is 26.2 Å². The number of ether oxygens (including phenoxy) is 1. The average Bonchev–Trinajstić information content (AvgIpc) is 2.58. The van der Waals surface area contributed by atoms with Crippen molar-refractivity contribution in [2.24, 2.45) is 5.92 Å². The highest BCUT2D eigenvalue weighted by atomic mass is 16.5. The summed E-state index contributed by atoms with van der Waals surface area (Å²) >= 11 is 0. The summed E-state index contributed by atoms with van der Waals surface area (Å²) in [5, 5.41) is 2.01. The fraction of sp³-hybridized carbons (Fsp3) is 0.300. The first-order valence-electron chi connectivity index (χ1n) is 7.79. The van der Waals surface area contributed by atoms with Crippen LogP contribution in [0.2, 0.25) is 0 Å². The zero-order valence-electron chi connectivity index (χ0n) is 13.7. The second kappa shape index (κ2) is 7.73. The number of rotatable bonds is 8. The van der Waals surface area contributed by atoms with Crippen molar-refractivity contribution in [2.75, 3.05) is 7.11 Å². The normalized spacial score (nSPS) is 11.9. The van der Waals surface area contributed by atoms with Crippen molar-refractivity contribution in [1.82, 2.24) is 0 Å². The Hall–Kier alpha value is -2.42. The van der Waals surface area contributed by atoms with Crippen molar-refractivity contribution in [1.29, 1.82) is 0 Å². The Morgan fingerprint density at radius 1 is 1.13 bits per heavy atom. The van der Waals surface area contributed by atoms with Gasteiger partial charge in [-0.1, -0.05) is 31.2 Å². The van der Waals surface area contributed by atoms with E-state index >= 15 is 0 Å². The molecule has 0 heterocycles. The molecule has 0 bridgehead atoms. The highest BCUT2D eigenvalue weighted by molar-refractivity contribution is 6.01. The second-order valence-electron chi connectivity index (χ2n) is 5.74. The Labute approximate surface area is 137 Å². The van der Waals surface area contributed by atoms with Gasteiger partial charge in [-0.05, 0) is 35.4 Å². The van der Waals surface area contributed by atoms with Gasteiger partial charge in [0.25, 0.3) is 0 Å². The molecule has 1 atom stereocenters. The number of carbonyl (C=O) groups is 2. The number of hydrogen-bond donors (Lipinski definition) is 0. The van der Waals surface area contributed by atoms with Crippen LogP contribution in [-0.2, 0) is 4.79 Å². The van der Waals surface area contributed by atoms with Crippen LogP contribution in [0.5, 0.6) is 5.75 Å². The van der Waals surface area contributed by atoms with E-state index in [2.05, 4.69) is 6.58 Å². The summed E-state index contributed by atoms with van der Waals surface area (Å²) in [4.78, 5) is 24.2. The van der Waals surface area contributed by atoms with Gasteiger partial charge in [-0.2, -0.15) is 0 Å². The van der Waals surface area contributed by atoms with Crippen LogP contribution in [0.15, 0.2) is 49.1 Å². The van der Waals surface area contributed by atoms with Gasteiger partial charge in [0.1, 0.15) is 11.5 Å². The lowest BCUT2D eigenvalue weighted by Gasteiger charge is -2.08. The van der Waals surface area contributed by atoms with Crippen LogP contribution in [-0.4, -0.2) is 18.7 Å². The smallest absolute Gasteiger partial charge is 0.163 e. The maximum Gasteiger partial charge on any atom is 0.163 e. The van der Waals surface area contributed by atoms with Crippen molar-refractivity contribution in [3.05, 3.63) is 54.6 Å². The number of allylic oxidation sites excluding steroid dienone is 1. The maximum atomic E-state index is 12.3. The van der Waals surface area contributed by atoms with Crippen LogP contribution in [0.1, 0.15) is 36.5 Å². The van der Waals surface area contributed by atoms with Gasteiger partial charge in [0, 0.05) is 24.3 Å². The number of ketones is 2. The lowest BCUT2D eigenvalue weighted by atomic mass is 9.96. The second-order valence-corrected chi connectivity index (χ2v) is 5.74. The molecule has 23 heavy (non-hydrogen) atoms. The van der Waals surface area contributed by atoms with Gasteiger partial charge in [-0.25, -0.2) is 0 Å². The summed E-state index contributed by atoms with van der Waals surface area (Å²) in [5.41, 5.74) is 0.645. The largest absolute Gasteiger partial charge is 0.497 e. The van der Waals surface area contributed by atoms with Gasteiger partial charge in [0.2, 0.25) is 0 Å². The van der Waals surface area contributed by atoms with Gasteiger partial charge in [-0.3, -0.25) is 9.59 Å². The first kappa shape index (κ1) is 16.9. The molecule has 0 aliphatic heterocycles. The summed E-state index contributed by atoms with van der Waals surface area (Å²) in [6.45, 7) is 5.51. The van der Waals surface area contributed by atoms with E-state index in [9.17, 15) is 9.59 Å². The molecule has 2 rings (SSSR count). The predicted molar refractivity (Wildman–Crippen MR) is 93.0 cm³/mol. The Balaban J connectivity index is 2.06. The molecule has 0 N–H and O–H groups in total. The summed E-state index contributed by atoms with van der Waals surface area (Å²) in [5.74, 6) is 0.841. The van der Waals surface area contributed by atoms with Crippen LogP contribution in [0.25, 0.3) is 10.8 Å². The Bertz CT molecular complexity index is 731. The minimum absolute atomic E-state index is 0.00173. The lowest BCUT2D eigenvalue weighted by molar-refractivity contribution is -0.122. The van der Waals surface area contributed by atoms with E-state index in [1.807, 2.05) is 43.3 Å². The van der Waals surface area contributed by atoms with E-state index in [1.165, 1.54) is 0 Å². The summed E-state index contributed by atoms with van der Waals surface area (Å²) in [6.07, 6.45) is 2.93. The standard InChI is InChI=1S/C20H22O3/c1-4-5-14(2)19(21)10-11-20(22)17-7-6-16-13-18(23-3)9-8-15(16)12-17/h4,6-9,12-14H,1,5,10-11H2,2-3H3/t14-/m0/s1. The molecular formula is C20H22O3. The zero-order chi connectivity index (χ0) is 16.8. The summed E-state index contributed by atoms with van der Waals surface area (Å²) in [6, 6.07) is 11.3. The third-order valence-electron chi connectivity index (χ3n) is 4.04. The Morgan fingerprint density at radius 3 is 2.52 bits per heavy atom. The van der Waals surface area contributed by atoms with Gasteiger partial charge in [0.15, 0.2) is 5.78 Å². The van der Waals surface area contributed by atoms with Gasteiger partial charge in [0.05, 0.1) is 7.11 Å². The average molecular weight is 310 g/mol. The number of hydrogen-bond acceptors (Lipinski definition) is 3. The van der Waals surface area contributed by atoms with E-state index in [0.717, 1.165) is 16.5 Å². The fourth-order valence-electron chi connectivity index (χ4n) is 2.53. The van der Waals surface area contributed by atoms with E-state index in [4.69, 9.17) is 4.74 Å². The lowest BCUT2D eigenvalue weighted by Crippen LogP contribution is -2.12. The first-order valence-corrected chi connectivity index (χ1v) is 7.79. The number of benzene rings is 2. The molecule has 0 fully saturated rings. The first-order chi connectivity index (χ1) is 11.0. The molecule has 120 valence electrons. The van der Waals surface area contributed by atoms with E-state index in [1.54, 1.807) is 13.2 Å². The number of fused-ring (bicyclic) bond motifs is 1. The fourth-order valence-corrected chi connectivity index (χ4v) is 2.53. The number of carbonyl (C=O) groups excluding carboxylic acids is 2. The van der Waals surface area contributed by atoms with Gasteiger partial charge >= 0.3 is 0 Å². The SMILES string of the molecule is C=CC[C@H](C)C(=O)CCC(=O)c1ccc2cc(OC)ccc2c1. The van der Waals surface area contributed by atoms with Crippen LogP contribution < -0.4 is 4.74 Å². The molecule has 0 spiro atoms. The van der Waals surface area contributed by atoms with E-state index < -0.39 is 0 Å². The van der Waals surface area contributed by atoms with Crippen LogP contribution in [0.3, 0.4) is 0 Å². The van der Waals surface area contributed by atoms with E-state index in [-0.39, 0.29) is 30.3 Å². The highest BCUT2D eigenvalue weighted by Crippen LogP contribution is 2.22. The molecule has 3 heteroatoms. The molecule has 0 amide bonds. The highest BCUT2D eigenvalue weighted by Gasteiger charge is 2.14. The van der Waals surface area contributed by atoms with Crippen molar-refractivity contribution >= 4 is 22.3 Å². The molecule has 0 radical (unpaired) electrons. The van der Waals surface area contributed by atoms with Gasteiger partial charge in [-0.15, -0.1) is 6.58 Å². The third-order valence-corrected chi connectivity index (χ3v) is 4.04. The minimum Gasteiger partial charge on any atom is -0.497 e. The maximum absolute atomic E-state index is 12.3. The number of Topliss-reactive ketones (excluding diaryl/α,β-unsaturated/α-hetero) is 2. The molecule has 0 aliphatic rings. The number of methoxy groups -OCH3 is 1. The molecule has 0 saturated carbocycles. The molecule has 0 aromatic heterocycles. The molecule has 2 aromatic carbocycles. The quantitative estimate of drug-likeness (QED) is 0.529. The third kappa shape index (κ3) is 4.28. The van der Waals surface area contributed by atoms with Crippen molar-refractivity contribution in [3.8, 4) is 5.75 Å². The Kier molecular flexibility index (Phi) is 5.69. The zero-order valence-corrected chi connectivity index (χ0v) is 13.7. The molecule has 0 saturated heterocycles. The van der Waals surface area contributed by atoms with Crippen LogP contribution in [0, 0.1) is 5.92 Å². The van der Waals surface area contributed by atoms with Crippen LogP contribution in [0.4, 0.5) is 0 Å². The topological polar surface area (TPSA) is 43.4 Å². The molecular weight excluding hydrogens is 288 g/mol. The predicted octanol–water partition coefficient (Wildman–Crippen LogP) is 4.59.